The van der Waals surface area contributed by atoms with Crippen molar-refractivity contribution in [3.63, 3.8) is 0 Å². The lowest BCUT2D eigenvalue weighted by atomic mass is 9.54. The van der Waals surface area contributed by atoms with Gasteiger partial charge in [0, 0.05) is 36.5 Å². The summed E-state index contributed by atoms with van der Waals surface area (Å²) in [6, 6.07) is 0. The number of ether oxygens (including phenoxy) is 3. The average molecular weight is 395 g/mol. The van der Waals surface area contributed by atoms with Crippen LogP contribution in [-0.2, 0) is 28.6 Å². The molecule has 0 bridgehead atoms. The predicted molar refractivity (Wildman–Crippen MR) is 102 cm³/mol. The zero-order valence-electron chi connectivity index (χ0n) is 17.4. The number of carbonyl (C=O) groups excluding carboxylic acids is 3. The molecule has 6 heteroatoms. The second-order valence-corrected chi connectivity index (χ2v) is 8.53. The maximum Gasteiger partial charge on any atom is 0.309 e. The Labute approximate surface area is 167 Å². The third kappa shape index (κ3) is 4.06. The Morgan fingerprint density at radius 2 is 1.29 bits per heavy atom. The van der Waals surface area contributed by atoms with Crippen LogP contribution in [0.3, 0.4) is 0 Å². The Kier molecular flexibility index (Phi) is 7.00. The molecule has 3 aliphatic carbocycles. The minimum Gasteiger partial charge on any atom is -0.469 e. The molecule has 3 fully saturated rings. The molecule has 0 amide bonds. The van der Waals surface area contributed by atoms with Gasteiger partial charge in [-0.05, 0) is 25.7 Å². The van der Waals surface area contributed by atoms with E-state index in [-0.39, 0.29) is 59.7 Å². The summed E-state index contributed by atoms with van der Waals surface area (Å²) in [5.74, 6) is -0.676. The number of hydrogen-bond acceptors (Lipinski definition) is 6. The van der Waals surface area contributed by atoms with Crippen molar-refractivity contribution in [1.82, 2.24) is 0 Å². The van der Waals surface area contributed by atoms with Crippen molar-refractivity contribution in [3.8, 4) is 0 Å². The summed E-state index contributed by atoms with van der Waals surface area (Å²) in [6.07, 6.45) is 6.83. The molecule has 28 heavy (non-hydrogen) atoms. The lowest BCUT2D eigenvalue weighted by Crippen LogP contribution is -2.59. The van der Waals surface area contributed by atoms with Crippen LogP contribution in [0.25, 0.3) is 0 Å². The largest absolute Gasteiger partial charge is 0.469 e. The van der Waals surface area contributed by atoms with Crippen LogP contribution in [0.2, 0.25) is 0 Å². The van der Waals surface area contributed by atoms with E-state index in [4.69, 9.17) is 14.2 Å². The Balaban J connectivity index is 1.99. The topological polar surface area (TPSA) is 78.9 Å². The second-order valence-electron chi connectivity index (χ2n) is 8.53. The van der Waals surface area contributed by atoms with Gasteiger partial charge in [0.1, 0.15) is 12.2 Å². The zero-order valence-corrected chi connectivity index (χ0v) is 17.4. The molecule has 3 aliphatic rings. The molecule has 0 radical (unpaired) electrons. The number of esters is 3. The highest BCUT2D eigenvalue weighted by Crippen LogP contribution is 2.54. The quantitative estimate of drug-likeness (QED) is 0.523. The molecular formula is C22H34O6. The molecule has 0 spiro atoms. The molecule has 7 atom stereocenters. The zero-order chi connectivity index (χ0) is 20.3. The lowest BCUT2D eigenvalue weighted by molar-refractivity contribution is -0.207. The molecule has 158 valence electrons. The summed E-state index contributed by atoms with van der Waals surface area (Å²) in [5, 5.41) is 0. The van der Waals surface area contributed by atoms with Gasteiger partial charge in [-0.1, -0.05) is 33.1 Å². The van der Waals surface area contributed by atoms with Gasteiger partial charge in [-0.2, -0.15) is 0 Å². The summed E-state index contributed by atoms with van der Waals surface area (Å²) in [4.78, 5) is 37.1. The van der Waals surface area contributed by atoms with Crippen LogP contribution in [0.4, 0.5) is 0 Å². The van der Waals surface area contributed by atoms with E-state index in [0.29, 0.717) is 12.8 Å². The van der Waals surface area contributed by atoms with Crippen molar-refractivity contribution >= 4 is 17.9 Å². The third-order valence-corrected chi connectivity index (χ3v) is 7.15. The highest BCUT2D eigenvalue weighted by atomic mass is 16.6. The summed E-state index contributed by atoms with van der Waals surface area (Å²) < 4.78 is 17.1. The molecule has 7 unspecified atom stereocenters. The number of rotatable bonds is 5. The van der Waals surface area contributed by atoms with E-state index < -0.39 is 0 Å². The third-order valence-electron chi connectivity index (χ3n) is 7.15. The van der Waals surface area contributed by atoms with E-state index in [1.807, 2.05) is 6.92 Å². The number of carbonyl (C=O) groups is 3. The van der Waals surface area contributed by atoms with E-state index in [0.717, 1.165) is 44.9 Å². The van der Waals surface area contributed by atoms with E-state index in [1.165, 1.54) is 7.11 Å². The molecule has 3 rings (SSSR count). The average Bonchev–Trinajstić information content (AvgIpc) is 2.74. The van der Waals surface area contributed by atoms with Crippen LogP contribution < -0.4 is 0 Å². The van der Waals surface area contributed by atoms with E-state index in [9.17, 15) is 14.4 Å². The van der Waals surface area contributed by atoms with Gasteiger partial charge in [0.2, 0.25) is 0 Å². The van der Waals surface area contributed by atoms with Crippen LogP contribution in [0.1, 0.15) is 71.6 Å². The van der Waals surface area contributed by atoms with Crippen LogP contribution in [0, 0.1) is 29.6 Å². The number of fused-ring (bicyclic) bond motifs is 2. The Hall–Kier alpha value is -1.59. The van der Waals surface area contributed by atoms with Gasteiger partial charge in [-0.25, -0.2) is 0 Å². The SMILES string of the molecule is CCC(=O)OC1C2CCCCC2C(OC(=O)CC)C2C(C(=O)OC)CCCC12. The van der Waals surface area contributed by atoms with Crippen molar-refractivity contribution in [2.75, 3.05) is 7.11 Å². The van der Waals surface area contributed by atoms with Crippen LogP contribution >= 0.6 is 0 Å². The van der Waals surface area contributed by atoms with E-state index in [1.54, 1.807) is 6.92 Å². The molecule has 0 aliphatic heterocycles. The molecule has 0 heterocycles. The fourth-order valence-corrected chi connectivity index (χ4v) is 5.96. The predicted octanol–water partition coefficient (Wildman–Crippen LogP) is 3.66. The second kappa shape index (κ2) is 9.27. The minimum atomic E-state index is -0.302. The fraction of sp³-hybridized carbons (Fsp3) is 0.864. The molecule has 6 nitrogen and oxygen atoms in total. The lowest BCUT2D eigenvalue weighted by Gasteiger charge is -2.55. The summed E-state index contributed by atoms with van der Waals surface area (Å²) in [6.45, 7) is 3.61. The van der Waals surface area contributed by atoms with Crippen molar-refractivity contribution in [2.24, 2.45) is 29.6 Å². The first-order valence-electron chi connectivity index (χ1n) is 11.0. The molecule has 0 aromatic heterocycles. The van der Waals surface area contributed by atoms with E-state index >= 15 is 0 Å². The molecular weight excluding hydrogens is 360 g/mol. The normalized spacial score (nSPS) is 37.2. The fourth-order valence-electron chi connectivity index (χ4n) is 5.96. The van der Waals surface area contributed by atoms with Crippen molar-refractivity contribution < 1.29 is 28.6 Å². The first-order valence-corrected chi connectivity index (χ1v) is 11.0. The van der Waals surface area contributed by atoms with Crippen LogP contribution in [-0.4, -0.2) is 37.2 Å². The van der Waals surface area contributed by atoms with Gasteiger partial charge in [0.15, 0.2) is 0 Å². The van der Waals surface area contributed by atoms with Crippen LogP contribution in [0.5, 0.6) is 0 Å². The van der Waals surface area contributed by atoms with E-state index in [2.05, 4.69) is 0 Å². The molecule has 3 saturated carbocycles. The van der Waals surface area contributed by atoms with Gasteiger partial charge in [-0.15, -0.1) is 0 Å². The Morgan fingerprint density at radius 1 is 0.750 bits per heavy atom. The van der Waals surface area contributed by atoms with Crippen molar-refractivity contribution in [3.05, 3.63) is 0 Å². The van der Waals surface area contributed by atoms with Gasteiger partial charge in [-0.3, -0.25) is 14.4 Å². The maximum atomic E-state index is 12.6. The molecule has 0 aromatic rings. The van der Waals surface area contributed by atoms with Gasteiger partial charge < -0.3 is 14.2 Å². The Bertz CT molecular complexity index is 588. The monoisotopic (exact) mass is 394 g/mol. The van der Waals surface area contributed by atoms with Crippen molar-refractivity contribution in [1.29, 1.82) is 0 Å². The highest BCUT2D eigenvalue weighted by molar-refractivity contribution is 5.73. The van der Waals surface area contributed by atoms with Gasteiger partial charge >= 0.3 is 17.9 Å². The van der Waals surface area contributed by atoms with Gasteiger partial charge in [0.05, 0.1) is 13.0 Å². The summed E-state index contributed by atoms with van der Waals surface area (Å²) in [7, 11) is 1.42. The first-order chi connectivity index (χ1) is 13.5. The minimum absolute atomic E-state index is 0.0438. The summed E-state index contributed by atoms with van der Waals surface area (Å²) in [5.41, 5.74) is 0. The van der Waals surface area contributed by atoms with Crippen molar-refractivity contribution in [2.45, 2.75) is 83.8 Å². The Morgan fingerprint density at radius 3 is 1.86 bits per heavy atom. The standard InChI is InChI=1S/C22H34O6/c1-4-17(23)27-20-13-9-6-7-10-14(13)21(28-18(24)5-2)19-15(20)11-8-12-16(19)22(25)26-3/h13-16,19-21H,4-12H2,1-3H3. The van der Waals surface area contributed by atoms with Gasteiger partial charge in [0.25, 0.3) is 0 Å². The smallest absolute Gasteiger partial charge is 0.309 e. The maximum absolute atomic E-state index is 12.6. The highest BCUT2D eigenvalue weighted by Gasteiger charge is 2.58. The van der Waals surface area contributed by atoms with Crippen LogP contribution in [0.15, 0.2) is 0 Å². The summed E-state index contributed by atoms with van der Waals surface area (Å²) >= 11 is 0. The molecule has 0 N–H and O–H groups in total. The number of methoxy groups -OCH3 is 1. The number of hydrogen-bond donors (Lipinski definition) is 0. The first kappa shape index (κ1) is 21.1. The molecule has 0 aromatic carbocycles. The molecule has 0 saturated heterocycles.